The van der Waals surface area contributed by atoms with E-state index >= 15 is 0 Å². The number of aromatic nitrogens is 1. The summed E-state index contributed by atoms with van der Waals surface area (Å²) in [5.74, 6) is 0. The Balaban J connectivity index is 1.48. The highest BCUT2D eigenvalue weighted by molar-refractivity contribution is 6.12. The summed E-state index contributed by atoms with van der Waals surface area (Å²) in [6, 6.07) is 40.6. The van der Waals surface area contributed by atoms with E-state index in [1.807, 2.05) is 0 Å². The number of anilines is 3. The summed E-state index contributed by atoms with van der Waals surface area (Å²) >= 11 is 0. The Morgan fingerprint density at radius 1 is 0.625 bits per heavy atom. The fourth-order valence-corrected chi connectivity index (χ4v) is 6.54. The fourth-order valence-electron chi connectivity index (χ4n) is 6.54. The van der Waals surface area contributed by atoms with Gasteiger partial charge in [-0.3, -0.25) is 0 Å². The predicted molar refractivity (Wildman–Crippen MR) is 171 cm³/mol. The van der Waals surface area contributed by atoms with Crippen molar-refractivity contribution in [3.8, 4) is 5.69 Å². The summed E-state index contributed by atoms with van der Waals surface area (Å²) < 4.78 is 2.48. The van der Waals surface area contributed by atoms with Crippen molar-refractivity contribution in [3.05, 3.63) is 131 Å². The highest BCUT2D eigenvalue weighted by Gasteiger charge is 2.34. The van der Waals surface area contributed by atoms with Crippen molar-refractivity contribution in [2.45, 2.75) is 52.4 Å². The molecule has 2 nitrogen and oxygen atoms in total. The molecule has 0 radical (unpaired) electrons. The molecule has 0 spiro atoms. The van der Waals surface area contributed by atoms with E-state index in [1.165, 1.54) is 49.7 Å². The van der Waals surface area contributed by atoms with Gasteiger partial charge in [-0.05, 0) is 77.6 Å². The number of hydrogen-bond acceptors (Lipinski definition) is 1. The molecule has 6 aromatic rings. The van der Waals surface area contributed by atoms with Crippen molar-refractivity contribution >= 4 is 38.9 Å². The Bertz CT molecular complexity index is 1900. The standard InChI is InChI=1S/C38H36N2/c1-25-14-18-27(19-15-25)39(28-20-16-26(17-21-28)37(2,3)4)29-22-23-34-31(24-29)30-10-9-12-33-36(30)40(34)35-13-8-7-11-32(35)38(33,5)6/h7-24H,1-6H3. The van der Waals surface area contributed by atoms with Gasteiger partial charge in [0.05, 0.1) is 16.7 Å². The lowest BCUT2D eigenvalue weighted by Crippen LogP contribution is -2.26. The largest absolute Gasteiger partial charge is 0.310 e. The van der Waals surface area contributed by atoms with Crippen LogP contribution < -0.4 is 4.90 Å². The summed E-state index contributed by atoms with van der Waals surface area (Å²) in [6.07, 6.45) is 0. The summed E-state index contributed by atoms with van der Waals surface area (Å²) in [4.78, 5) is 2.38. The first kappa shape index (κ1) is 24.7. The van der Waals surface area contributed by atoms with Crippen molar-refractivity contribution in [1.82, 2.24) is 4.57 Å². The van der Waals surface area contributed by atoms with E-state index in [2.05, 4.69) is 160 Å². The quantitative estimate of drug-likeness (QED) is 0.225. The van der Waals surface area contributed by atoms with Gasteiger partial charge < -0.3 is 9.47 Å². The second-order valence-corrected chi connectivity index (χ2v) is 12.8. The van der Waals surface area contributed by atoms with Crippen LogP contribution in [0.2, 0.25) is 0 Å². The van der Waals surface area contributed by atoms with Crippen LogP contribution in [0.1, 0.15) is 56.9 Å². The van der Waals surface area contributed by atoms with Crippen LogP contribution >= 0.6 is 0 Å². The SMILES string of the molecule is Cc1ccc(N(c2ccc(C(C)(C)C)cc2)c2ccc3c(c2)c2cccc4c2n3-c2ccccc2C4(C)C)cc1. The van der Waals surface area contributed by atoms with E-state index < -0.39 is 0 Å². The molecule has 1 aliphatic heterocycles. The maximum atomic E-state index is 2.48. The summed E-state index contributed by atoms with van der Waals surface area (Å²) in [6.45, 7) is 13.7. The molecule has 40 heavy (non-hydrogen) atoms. The first-order chi connectivity index (χ1) is 19.1. The molecule has 1 aliphatic rings. The van der Waals surface area contributed by atoms with Gasteiger partial charge in [-0.1, -0.05) is 101 Å². The molecule has 2 heteroatoms. The maximum absolute atomic E-state index is 2.48. The zero-order valence-electron chi connectivity index (χ0n) is 24.3. The first-order valence-electron chi connectivity index (χ1n) is 14.3. The lowest BCUT2D eigenvalue weighted by atomic mass is 9.75. The average Bonchev–Trinajstić information content (AvgIpc) is 3.27. The minimum Gasteiger partial charge on any atom is -0.310 e. The van der Waals surface area contributed by atoms with Gasteiger partial charge in [-0.2, -0.15) is 0 Å². The molecule has 1 aromatic heterocycles. The van der Waals surface area contributed by atoms with Crippen molar-refractivity contribution in [1.29, 1.82) is 0 Å². The van der Waals surface area contributed by atoms with Crippen LogP contribution in [0.25, 0.3) is 27.5 Å². The Labute approximate surface area is 237 Å². The number of benzene rings is 5. The zero-order valence-corrected chi connectivity index (χ0v) is 24.3. The molecule has 0 aliphatic carbocycles. The lowest BCUT2D eigenvalue weighted by molar-refractivity contribution is 0.590. The molecule has 7 rings (SSSR count). The van der Waals surface area contributed by atoms with Gasteiger partial charge in [0.2, 0.25) is 0 Å². The van der Waals surface area contributed by atoms with Gasteiger partial charge >= 0.3 is 0 Å². The van der Waals surface area contributed by atoms with E-state index in [4.69, 9.17) is 0 Å². The van der Waals surface area contributed by atoms with Crippen molar-refractivity contribution < 1.29 is 0 Å². The highest BCUT2D eigenvalue weighted by Crippen LogP contribution is 2.48. The van der Waals surface area contributed by atoms with E-state index in [0.29, 0.717) is 0 Å². The topological polar surface area (TPSA) is 8.17 Å². The molecule has 0 N–H and O–H groups in total. The highest BCUT2D eigenvalue weighted by atomic mass is 15.1. The first-order valence-corrected chi connectivity index (χ1v) is 14.3. The Kier molecular flexibility index (Phi) is 5.31. The van der Waals surface area contributed by atoms with Gasteiger partial charge in [0, 0.05) is 33.2 Å². The van der Waals surface area contributed by atoms with E-state index in [1.54, 1.807) is 0 Å². The third-order valence-corrected chi connectivity index (χ3v) is 8.80. The second kappa shape index (κ2) is 8.60. The number of hydrogen-bond donors (Lipinski definition) is 0. The molecule has 5 aromatic carbocycles. The minimum atomic E-state index is -0.0634. The predicted octanol–water partition coefficient (Wildman–Crippen LogP) is 10.5. The van der Waals surface area contributed by atoms with E-state index in [0.717, 1.165) is 17.1 Å². The average molecular weight is 521 g/mol. The van der Waals surface area contributed by atoms with Crippen LogP contribution in [-0.4, -0.2) is 4.57 Å². The van der Waals surface area contributed by atoms with Crippen LogP contribution in [0.15, 0.2) is 109 Å². The number of rotatable bonds is 3. The molecule has 0 atom stereocenters. The van der Waals surface area contributed by atoms with Crippen LogP contribution in [0, 0.1) is 6.92 Å². The van der Waals surface area contributed by atoms with Crippen molar-refractivity contribution in [3.63, 3.8) is 0 Å². The second-order valence-electron chi connectivity index (χ2n) is 12.8. The molecule has 0 bridgehead atoms. The number of nitrogens with zero attached hydrogens (tertiary/aromatic N) is 2. The summed E-state index contributed by atoms with van der Waals surface area (Å²) in [7, 11) is 0. The number of aryl methyl sites for hydroxylation is 1. The minimum absolute atomic E-state index is 0.0634. The van der Waals surface area contributed by atoms with Crippen LogP contribution in [0.5, 0.6) is 0 Å². The number of para-hydroxylation sites is 2. The van der Waals surface area contributed by atoms with E-state index in [-0.39, 0.29) is 10.8 Å². The third kappa shape index (κ3) is 3.63. The van der Waals surface area contributed by atoms with Crippen molar-refractivity contribution in [2.24, 2.45) is 0 Å². The van der Waals surface area contributed by atoms with Gasteiger partial charge in [-0.25, -0.2) is 0 Å². The molecule has 0 fully saturated rings. The van der Waals surface area contributed by atoms with Crippen LogP contribution in [0.3, 0.4) is 0 Å². The van der Waals surface area contributed by atoms with Crippen LogP contribution in [-0.2, 0) is 10.8 Å². The molecule has 0 unspecified atom stereocenters. The smallest absolute Gasteiger partial charge is 0.0582 e. The monoisotopic (exact) mass is 520 g/mol. The van der Waals surface area contributed by atoms with Gasteiger partial charge in [0.1, 0.15) is 0 Å². The molecule has 198 valence electrons. The summed E-state index contributed by atoms with van der Waals surface area (Å²) in [5.41, 5.74) is 12.8. The van der Waals surface area contributed by atoms with Crippen molar-refractivity contribution in [2.75, 3.05) is 4.90 Å². The Morgan fingerprint density at radius 3 is 1.95 bits per heavy atom. The molecule has 0 amide bonds. The molecular weight excluding hydrogens is 484 g/mol. The number of fused-ring (bicyclic) bond motifs is 5. The molecule has 0 saturated carbocycles. The molecule has 0 saturated heterocycles. The third-order valence-electron chi connectivity index (χ3n) is 8.80. The normalized spacial score (nSPS) is 13.9. The fraction of sp³-hybridized carbons (Fsp3) is 0.211. The zero-order chi connectivity index (χ0) is 27.8. The maximum Gasteiger partial charge on any atom is 0.0582 e. The van der Waals surface area contributed by atoms with Gasteiger partial charge in [0.15, 0.2) is 0 Å². The summed E-state index contributed by atoms with van der Waals surface area (Å²) in [5, 5.41) is 2.59. The molecule has 2 heterocycles. The van der Waals surface area contributed by atoms with Gasteiger partial charge in [0.25, 0.3) is 0 Å². The van der Waals surface area contributed by atoms with E-state index in [9.17, 15) is 0 Å². The molecular formula is C38H36N2. The Hall–Kier alpha value is -4.30. The van der Waals surface area contributed by atoms with Gasteiger partial charge in [-0.15, -0.1) is 0 Å². The Morgan fingerprint density at radius 2 is 1.25 bits per heavy atom. The lowest BCUT2D eigenvalue weighted by Gasteiger charge is -2.34. The van der Waals surface area contributed by atoms with Crippen LogP contribution in [0.4, 0.5) is 17.1 Å².